The van der Waals surface area contributed by atoms with Gasteiger partial charge in [-0.05, 0) is 17.7 Å². The third-order valence-electron chi connectivity index (χ3n) is 4.01. The van der Waals surface area contributed by atoms with Crippen LogP contribution in [0.2, 0.25) is 0 Å². The topological polar surface area (TPSA) is 74.3 Å². The molecule has 1 fully saturated rings. The number of β-amino-alcohol motifs (C(OH)–C–C–N with tert-alkyl or cyclic N) is 1. The molecule has 2 heterocycles. The average molecular weight is 320 g/mol. The van der Waals surface area contributed by atoms with Crippen molar-refractivity contribution in [2.75, 3.05) is 26.2 Å². The summed E-state index contributed by atoms with van der Waals surface area (Å²) in [7, 11) is 0. The van der Waals surface area contributed by atoms with Gasteiger partial charge in [0.15, 0.2) is 5.82 Å². The third kappa shape index (κ3) is 3.93. The van der Waals surface area contributed by atoms with E-state index in [-0.39, 0.29) is 11.9 Å². The number of benzene rings is 1. The van der Waals surface area contributed by atoms with Gasteiger partial charge in [-0.2, -0.15) is 5.10 Å². The van der Waals surface area contributed by atoms with E-state index in [2.05, 4.69) is 20.1 Å². The van der Waals surface area contributed by atoms with E-state index >= 15 is 0 Å². The lowest BCUT2D eigenvalue weighted by Gasteiger charge is -2.32. The minimum atomic E-state index is -0.660. The molecule has 0 aliphatic carbocycles. The number of aryl methyl sites for hydroxylation is 1. The molecule has 2 atom stereocenters. The fourth-order valence-electron chi connectivity index (χ4n) is 2.67. The zero-order chi connectivity index (χ0) is 16.2. The van der Waals surface area contributed by atoms with Crippen LogP contribution in [0.5, 0.6) is 0 Å². The van der Waals surface area contributed by atoms with E-state index in [0.717, 1.165) is 18.8 Å². The van der Waals surface area contributed by atoms with E-state index in [0.29, 0.717) is 31.1 Å². The molecule has 3 rings (SSSR count). The molecule has 1 aromatic carbocycles. The monoisotopic (exact) mass is 320 g/mol. The van der Waals surface area contributed by atoms with Crippen LogP contribution in [0.25, 0.3) is 0 Å². The van der Waals surface area contributed by atoms with Gasteiger partial charge in [0.2, 0.25) is 0 Å². The van der Waals surface area contributed by atoms with Gasteiger partial charge in [0.25, 0.3) is 0 Å². The zero-order valence-electron chi connectivity index (χ0n) is 13.1. The van der Waals surface area contributed by atoms with Gasteiger partial charge in [-0.3, -0.25) is 10.00 Å². The second kappa shape index (κ2) is 7.16. The lowest BCUT2D eigenvalue weighted by Crippen LogP contribution is -2.40. The molecule has 0 amide bonds. The zero-order valence-corrected chi connectivity index (χ0v) is 13.1. The number of ether oxygens (including phenoxy) is 1. The molecule has 124 valence electrons. The van der Waals surface area contributed by atoms with Crippen molar-refractivity contribution in [2.45, 2.75) is 25.6 Å². The van der Waals surface area contributed by atoms with Crippen molar-refractivity contribution >= 4 is 0 Å². The lowest BCUT2D eigenvalue weighted by molar-refractivity contribution is -0.0461. The number of aliphatic hydroxyl groups excluding tert-OH is 1. The molecule has 0 radical (unpaired) electrons. The van der Waals surface area contributed by atoms with E-state index in [4.69, 9.17) is 4.74 Å². The Hall–Kier alpha value is -1.83. The standard InChI is InChI=1S/C16H21FN4O2/c1-2-15-18-16(20-19-15)14-10-21(7-8-23-14)9-13(22)11-3-5-12(17)6-4-11/h3-6,13-14,22H,2,7-10H2,1H3,(H,18,19,20). The molecular weight excluding hydrogens is 299 g/mol. The molecule has 2 unspecified atom stereocenters. The second-order valence-electron chi connectivity index (χ2n) is 5.68. The Labute approximate surface area is 134 Å². The number of morpholine rings is 1. The largest absolute Gasteiger partial charge is 0.387 e. The number of nitrogens with zero attached hydrogens (tertiary/aromatic N) is 3. The van der Waals surface area contributed by atoms with Crippen LogP contribution in [0, 0.1) is 5.82 Å². The summed E-state index contributed by atoms with van der Waals surface area (Å²) in [6.45, 7) is 4.41. The van der Waals surface area contributed by atoms with E-state index in [1.54, 1.807) is 12.1 Å². The maximum Gasteiger partial charge on any atom is 0.180 e. The van der Waals surface area contributed by atoms with Crippen molar-refractivity contribution in [3.63, 3.8) is 0 Å². The summed E-state index contributed by atoms with van der Waals surface area (Å²) in [6, 6.07) is 5.95. The summed E-state index contributed by atoms with van der Waals surface area (Å²) in [5, 5.41) is 17.4. The maximum atomic E-state index is 13.0. The van der Waals surface area contributed by atoms with Crippen LogP contribution in [-0.2, 0) is 11.2 Å². The predicted molar refractivity (Wildman–Crippen MR) is 82.3 cm³/mol. The normalized spacial score (nSPS) is 20.6. The van der Waals surface area contributed by atoms with Crippen molar-refractivity contribution < 1.29 is 14.2 Å². The molecule has 6 nitrogen and oxygen atoms in total. The SMILES string of the molecule is CCc1nc(C2CN(CC(O)c3ccc(F)cc3)CCO2)n[nH]1. The first-order valence-corrected chi connectivity index (χ1v) is 7.84. The number of aromatic nitrogens is 3. The van der Waals surface area contributed by atoms with Crippen molar-refractivity contribution in [3.8, 4) is 0 Å². The first-order chi connectivity index (χ1) is 11.2. The molecule has 0 spiro atoms. The Kier molecular flexibility index (Phi) is 5.00. The number of hydrogen-bond acceptors (Lipinski definition) is 5. The number of halogens is 1. The van der Waals surface area contributed by atoms with Crippen LogP contribution in [-0.4, -0.2) is 51.4 Å². The Morgan fingerprint density at radius 3 is 2.91 bits per heavy atom. The fourth-order valence-corrected chi connectivity index (χ4v) is 2.67. The summed E-state index contributed by atoms with van der Waals surface area (Å²) >= 11 is 0. The molecule has 0 bridgehead atoms. The number of H-pyrrole nitrogens is 1. The minimum Gasteiger partial charge on any atom is -0.387 e. The second-order valence-corrected chi connectivity index (χ2v) is 5.68. The third-order valence-corrected chi connectivity index (χ3v) is 4.01. The van der Waals surface area contributed by atoms with Crippen LogP contribution < -0.4 is 0 Å². The summed E-state index contributed by atoms with van der Waals surface area (Å²) in [5.74, 6) is 1.19. The van der Waals surface area contributed by atoms with E-state index in [1.165, 1.54) is 12.1 Å². The number of nitrogens with one attached hydrogen (secondary N) is 1. The van der Waals surface area contributed by atoms with Gasteiger partial charge in [-0.15, -0.1) is 0 Å². The Bertz CT molecular complexity index is 631. The maximum absolute atomic E-state index is 13.0. The van der Waals surface area contributed by atoms with Crippen molar-refractivity contribution in [1.82, 2.24) is 20.1 Å². The highest BCUT2D eigenvalue weighted by Crippen LogP contribution is 2.22. The molecule has 2 N–H and O–H groups in total. The number of hydrogen-bond donors (Lipinski definition) is 2. The van der Waals surface area contributed by atoms with E-state index in [9.17, 15) is 9.50 Å². The first-order valence-electron chi connectivity index (χ1n) is 7.84. The summed E-state index contributed by atoms with van der Waals surface area (Å²) in [5.41, 5.74) is 0.709. The van der Waals surface area contributed by atoms with Gasteiger partial charge in [0.1, 0.15) is 17.7 Å². The van der Waals surface area contributed by atoms with Crippen LogP contribution in [0.3, 0.4) is 0 Å². The Morgan fingerprint density at radius 1 is 1.43 bits per heavy atom. The van der Waals surface area contributed by atoms with Gasteiger partial charge in [0.05, 0.1) is 12.7 Å². The van der Waals surface area contributed by atoms with Crippen LogP contribution in [0.15, 0.2) is 24.3 Å². The molecular formula is C16H21FN4O2. The smallest absolute Gasteiger partial charge is 0.180 e. The number of aliphatic hydroxyl groups is 1. The Morgan fingerprint density at radius 2 is 2.22 bits per heavy atom. The van der Waals surface area contributed by atoms with Gasteiger partial charge < -0.3 is 9.84 Å². The van der Waals surface area contributed by atoms with Crippen LogP contribution in [0.4, 0.5) is 4.39 Å². The number of aromatic amines is 1. The van der Waals surface area contributed by atoms with E-state index < -0.39 is 6.10 Å². The van der Waals surface area contributed by atoms with Crippen LogP contribution in [0.1, 0.15) is 36.3 Å². The van der Waals surface area contributed by atoms with Crippen molar-refractivity contribution in [2.24, 2.45) is 0 Å². The van der Waals surface area contributed by atoms with Gasteiger partial charge in [-0.1, -0.05) is 19.1 Å². The van der Waals surface area contributed by atoms with Crippen molar-refractivity contribution in [1.29, 1.82) is 0 Å². The highest BCUT2D eigenvalue weighted by Gasteiger charge is 2.26. The predicted octanol–water partition coefficient (Wildman–Crippen LogP) is 1.61. The summed E-state index contributed by atoms with van der Waals surface area (Å²) < 4.78 is 18.7. The molecule has 23 heavy (non-hydrogen) atoms. The molecule has 1 aliphatic heterocycles. The molecule has 0 saturated carbocycles. The first kappa shape index (κ1) is 16.0. The Balaban J connectivity index is 1.60. The minimum absolute atomic E-state index is 0.194. The fraction of sp³-hybridized carbons (Fsp3) is 0.500. The molecule has 2 aromatic rings. The summed E-state index contributed by atoms with van der Waals surface area (Å²) in [6.07, 6.45) is -0.0550. The van der Waals surface area contributed by atoms with E-state index in [1.807, 2.05) is 6.92 Å². The van der Waals surface area contributed by atoms with Gasteiger partial charge in [0, 0.05) is 26.1 Å². The highest BCUT2D eigenvalue weighted by molar-refractivity contribution is 5.18. The van der Waals surface area contributed by atoms with Crippen molar-refractivity contribution in [3.05, 3.63) is 47.3 Å². The molecule has 1 saturated heterocycles. The molecule has 1 aromatic heterocycles. The van der Waals surface area contributed by atoms with Crippen LogP contribution >= 0.6 is 0 Å². The number of rotatable bonds is 5. The quantitative estimate of drug-likeness (QED) is 0.875. The molecule has 7 heteroatoms. The average Bonchev–Trinajstić information content (AvgIpc) is 3.05. The molecule has 1 aliphatic rings. The van der Waals surface area contributed by atoms with Gasteiger partial charge in [-0.25, -0.2) is 9.37 Å². The summed E-state index contributed by atoms with van der Waals surface area (Å²) in [4.78, 5) is 6.53. The van der Waals surface area contributed by atoms with Gasteiger partial charge >= 0.3 is 0 Å². The lowest BCUT2D eigenvalue weighted by atomic mass is 10.1. The highest BCUT2D eigenvalue weighted by atomic mass is 19.1.